The van der Waals surface area contributed by atoms with Crippen LogP contribution in [-0.4, -0.2) is 11.6 Å². The molecule has 1 nitrogen and oxygen atoms in total. The average molecular weight is 211 g/mol. The van der Waals surface area contributed by atoms with Gasteiger partial charge in [0.15, 0.2) is 0 Å². The van der Waals surface area contributed by atoms with Gasteiger partial charge in [0.1, 0.15) is 0 Å². The summed E-state index contributed by atoms with van der Waals surface area (Å²) in [6, 6.07) is 0.721. The maximum absolute atomic E-state index is 3.83. The van der Waals surface area contributed by atoms with Crippen LogP contribution in [0.25, 0.3) is 0 Å². The van der Waals surface area contributed by atoms with E-state index in [4.69, 9.17) is 0 Å². The Hall–Kier alpha value is -0.0400. The second kappa shape index (κ2) is 4.45. The molecule has 1 saturated carbocycles. The van der Waals surface area contributed by atoms with Crippen molar-refractivity contribution < 1.29 is 0 Å². The van der Waals surface area contributed by atoms with E-state index in [0.29, 0.717) is 11.0 Å². The van der Waals surface area contributed by atoms with Crippen LogP contribution >= 0.6 is 0 Å². The molecule has 0 aromatic carbocycles. The lowest BCUT2D eigenvalue weighted by atomic mass is 9.70. The first-order valence-corrected chi connectivity index (χ1v) is 6.52. The van der Waals surface area contributed by atoms with Crippen LogP contribution < -0.4 is 5.32 Å². The molecule has 90 valence electrons. The summed E-state index contributed by atoms with van der Waals surface area (Å²) in [6.07, 6.45) is 5.28. The van der Waals surface area contributed by atoms with Crippen LogP contribution in [-0.2, 0) is 0 Å². The van der Waals surface area contributed by atoms with Gasteiger partial charge in [0.25, 0.3) is 0 Å². The van der Waals surface area contributed by atoms with E-state index in [2.05, 4.69) is 46.9 Å². The molecule has 0 aromatic rings. The van der Waals surface area contributed by atoms with Gasteiger partial charge in [-0.25, -0.2) is 0 Å². The van der Waals surface area contributed by atoms with Crippen molar-refractivity contribution in [3.63, 3.8) is 0 Å². The Labute approximate surface area is 96.0 Å². The summed E-state index contributed by atoms with van der Waals surface area (Å²) in [6.45, 7) is 14.1. The predicted molar refractivity (Wildman–Crippen MR) is 68.1 cm³/mol. The van der Waals surface area contributed by atoms with Crippen LogP contribution in [0, 0.1) is 11.3 Å². The first-order chi connectivity index (χ1) is 6.74. The lowest BCUT2D eigenvalue weighted by molar-refractivity contribution is 0.131. The summed E-state index contributed by atoms with van der Waals surface area (Å²) in [5, 5.41) is 3.83. The second-order valence-electron chi connectivity index (χ2n) is 6.99. The van der Waals surface area contributed by atoms with Crippen LogP contribution in [0.2, 0.25) is 0 Å². The van der Waals surface area contributed by atoms with Crippen LogP contribution in [0.4, 0.5) is 0 Å². The smallest absolute Gasteiger partial charge is 0.0125 e. The van der Waals surface area contributed by atoms with Crippen LogP contribution in [0.3, 0.4) is 0 Å². The largest absolute Gasteiger partial charge is 0.309 e. The summed E-state index contributed by atoms with van der Waals surface area (Å²) in [7, 11) is 0. The summed E-state index contributed by atoms with van der Waals surface area (Å²) >= 11 is 0. The molecular formula is C14H29N. The Morgan fingerprint density at radius 3 is 2.33 bits per heavy atom. The summed E-state index contributed by atoms with van der Waals surface area (Å²) in [5.74, 6) is 0.874. The van der Waals surface area contributed by atoms with Crippen LogP contribution in [0.15, 0.2) is 0 Å². The van der Waals surface area contributed by atoms with E-state index in [9.17, 15) is 0 Å². The number of rotatable bonds is 3. The predicted octanol–water partition coefficient (Wildman–Crippen LogP) is 3.98. The first-order valence-electron chi connectivity index (χ1n) is 6.52. The molecule has 1 aliphatic carbocycles. The first kappa shape index (κ1) is 13.0. The van der Waals surface area contributed by atoms with Crippen LogP contribution in [0.5, 0.6) is 0 Å². The van der Waals surface area contributed by atoms with Gasteiger partial charge in [0.2, 0.25) is 0 Å². The Balaban J connectivity index is 2.56. The van der Waals surface area contributed by atoms with E-state index in [0.717, 1.165) is 12.0 Å². The fourth-order valence-corrected chi connectivity index (χ4v) is 3.11. The summed E-state index contributed by atoms with van der Waals surface area (Å²) < 4.78 is 0. The second-order valence-corrected chi connectivity index (χ2v) is 6.99. The van der Waals surface area contributed by atoms with Gasteiger partial charge in [-0.1, -0.05) is 27.7 Å². The van der Waals surface area contributed by atoms with Crippen molar-refractivity contribution in [2.75, 3.05) is 0 Å². The lowest BCUT2D eigenvalue weighted by Gasteiger charge is -2.42. The van der Waals surface area contributed by atoms with E-state index >= 15 is 0 Å². The molecule has 1 aliphatic rings. The van der Waals surface area contributed by atoms with Crippen molar-refractivity contribution in [2.24, 2.45) is 11.3 Å². The van der Waals surface area contributed by atoms with E-state index in [1.165, 1.54) is 25.7 Å². The minimum absolute atomic E-state index is 0.303. The minimum Gasteiger partial charge on any atom is -0.309 e. The molecule has 0 saturated heterocycles. The van der Waals surface area contributed by atoms with Gasteiger partial charge in [-0.3, -0.25) is 0 Å². The Bertz CT molecular complexity index is 205. The van der Waals surface area contributed by atoms with Gasteiger partial charge in [-0.05, 0) is 50.9 Å². The van der Waals surface area contributed by atoms with Gasteiger partial charge in [0.05, 0.1) is 0 Å². The molecular weight excluding hydrogens is 182 g/mol. The zero-order valence-corrected chi connectivity index (χ0v) is 11.5. The lowest BCUT2D eigenvalue weighted by Crippen LogP contribution is -2.49. The van der Waals surface area contributed by atoms with Crippen molar-refractivity contribution in [2.45, 2.75) is 78.8 Å². The van der Waals surface area contributed by atoms with Crippen molar-refractivity contribution in [1.82, 2.24) is 5.32 Å². The number of hydrogen-bond donors (Lipinski definition) is 1. The highest BCUT2D eigenvalue weighted by atomic mass is 15.0. The van der Waals surface area contributed by atoms with E-state index in [-0.39, 0.29) is 0 Å². The van der Waals surface area contributed by atoms with E-state index < -0.39 is 0 Å². The zero-order chi connectivity index (χ0) is 11.7. The maximum atomic E-state index is 3.83. The standard InChI is InChI=1S/C14H29N/c1-7-14(5,6)15-12-8-11(2)9-13(3,4)10-12/h11-12,15H,7-10H2,1-6H3/t11-,12?/m0/s1. The molecule has 0 amide bonds. The van der Waals surface area contributed by atoms with Gasteiger partial charge in [0, 0.05) is 11.6 Å². The molecule has 0 aromatic heterocycles. The maximum Gasteiger partial charge on any atom is 0.0125 e. The Morgan fingerprint density at radius 1 is 1.27 bits per heavy atom. The van der Waals surface area contributed by atoms with Crippen molar-refractivity contribution in [3.8, 4) is 0 Å². The normalized spacial score (nSPS) is 31.6. The molecule has 1 fully saturated rings. The third-order valence-electron chi connectivity index (χ3n) is 3.87. The molecule has 1 heteroatoms. The fourth-order valence-electron chi connectivity index (χ4n) is 3.11. The molecule has 0 aliphatic heterocycles. The topological polar surface area (TPSA) is 12.0 Å². The molecule has 1 rings (SSSR count). The molecule has 0 bridgehead atoms. The number of hydrogen-bond acceptors (Lipinski definition) is 1. The van der Waals surface area contributed by atoms with Gasteiger partial charge >= 0.3 is 0 Å². The Morgan fingerprint density at radius 2 is 1.87 bits per heavy atom. The molecule has 1 N–H and O–H groups in total. The zero-order valence-electron chi connectivity index (χ0n) is 11.5. The molecule has 0 heterocycles. The Kier molecular flexibility index (Phi) is 3.86. The highest BCUT2D eigenvalue weighted by molar-refractivity contribution is 4.90. The average Bonchev–Trinajstić information content (AvgIpc) is 1.99. The van der Waals surface area contributed by atoms with E-state index in [1.54, 1.807) is 0 Å². The quantitative estimate of drug-likeness (QED) is 0.744. The summed E-state index contributed by atoms with van der Waals surface area (Å²) in [4.78, 5) is 0. The third kappa shape index (κ3) is 4.14. The molecule has 0 spiro atoms. The highest BCUT2D eigenvalue weighted by Crippen LogP contribution is 2.39. The summed E-state index contributed by atoms with van der Waals surface area (Å²) in [5.41, 5.74) is 0.830. The third-order valence-corrected chi connectivity index (χ3v) is 3.87. The SMILES string of the molecule is CCC(C)(C)NC1C[C@H](C)CC(C)(C)C1. The van der Waals surface area contributed by atoms with Gasteiger partial charge in [-0.15, -0.1) is 0 Å². The van der Waals surface area contributed by atoms with Gasteiger partial charge < -0.3 is 5.32 Å². The molecule has 0 radical (unpaired) electrons. The minimum atomic E-state index is 0.303. The molecule has 15 heavy (non-hydrogen) atoms. The van der Waals surface area contributed by atoms with E-state index in [1.807, 2.05) is 0 Å². The molecule has 2 atom stereocenters. The molecule has 1 unspecified atom stereocenters. The fraction of sp³-hybridized carbons (Fsp3) is 1.00. The number of nitrogens with one attached hydrogen (secondary N) is 1. The van der Waals surface area contributed by atoms with Crippen LogP contribution in [0.1, 0.15) is 67.2 Å². The van der Waals surface area contributed by atoms with Crippen molar-refractivity contribution in [3.05, 3.63) is 0 Å². The van der Waals surface area contributed by atoms with Gasteiger partial charge in [-0.2, -0.15) is 0 Å². The van der Waals surface area contributed by atoms with Crippen molar-refractivity contribution in [1.29, 1.82) is 0 Å². The highest BCUT2D eigenvalue weighted by Gasteiger charge is 2.33. The van der Waals surface area contributed by atoms with Crippen molar-refractivity contribution >= 4 is 0 Å². The monoisotopic (exact) mass is 211 g/mol.